The van der Waals surface area contributed by atoms with Crippen LogP contribution in [0.15, 0.2) is 72.8 Å². The molecule has 0 heterocycles. The number of carboxylic acids is 1. The van der Waals surface area contributed by atoms with E-state index < -0.39 is 18.1 Å². The van der Waals surface area contributed by atoms with Crippen LogP contribution in [-0.4, -0.2) is 35.9 Å². The Morgan fingerprint density at radius 1 is 1.00 bits per heavy atom. The van der Waals surface area contributed by atoms with Crippen molar-refractivity contribution in [3.05, 3.63) is 95.1 Å². The molecule has 0 saturated heterocycles. The summed E-state index contributed by atoms with van der Waals surface area (Å²) in [5.74, 6) is -0.495. The summed E-state index contributed by atoms with van der Waals surface area (Å²) in [5, 5.41) is 12.3. The molecule has 6 nitrogen and oxygen atoms in total. The van der Waals surface area contributed by atoms with Crippen LogP contribution in [0.25, 0.3) is 17.2 Å². The fourth-order valence-corrected chi connectivity index (χ4v) is 4.61. The third kappa shape index (κ3) is 5.60. The number of ether oxygens (including phenoxy) is 2. The molecule has 0 saturated carbocycles. The van der Waals surface area contributed by atoms with E-state index in [0.29, 0.717) is 0 Å². The van der Waals surface area contributed by atoms with Gasteiger partial charge in [0.25, 0.3) is 0 Å². The van der Waals surface area contributed by atoms with Crippen molar-refractivity contribution in [3.63, 3.8) is 0 Å². The second kappa shape index (κ2) is 11.1. The third-order valence-electron chi connectivity index (χ3n) is 6.16. The van der Waals surface area contributed by atoms with Crippen molar-refractivity contribution in [2.75, 3.05) is 6.61 Å². The molecule has 1 aliphatic carbocycles. The first-order valence-corrected chi connectivity index (χ1v) is 12.1. The maximum absolute atomic E-state index is 12.6. The first-order chi connectivity index (χ1) is 17.4. The molecule has 6 heteroatoms. The van der Waals surface area contributed by atoms with Crippen molar-refractivity contribution < 1.29 is 24.2 Å². The zero-order valence-corrected chi connectivity index (χ0v) is 20.7. The fraction of sp³-hybridized carbons (Fsp3) is 0.267. The summed E-state index contributed by atoms with van der Waals surface area (Å²) in [6.07, 6.45) is 3.19. The van der Waals surface area contributed by atoms with Gasteiger partial charge in [0.15, 0.2) is 0 Å². The average Bonchev–Trinajstić information content (AvgIpc) is 3.17. The summed E-state index contributed by atoms with van der Waals surface area (Å²) in [6.45, 7) is 5.93. The number of amides is 1. The minimum Gasteiger partial charge on any atom is -0.490 e. The summed E-state index contributed by atoms with van der Waals surface area (Å²) >= 11 is 0. The normalized spacial score (nSPS) is 13.3. The van der Waals surface area contributed by atoms with E-state index in [2.05, 4.69) is 17.4 Å². The molecule has 1 amide bonds. The number of benzene rings is 3. The molecule has 0 radical (unpaired) electrons. The molecular weight excluding hydrogens is 454 g/mol. The van der Waals surface area contributed by atoms with Gasteiger partial charge in [0.05, 0.1) is 6.10 Å². The highest BCUT2D eigenvalue weighted by molar-refractivity contribution is 5.81. The molecule has 0 aromatic heterocycles. The lowest BCUT2D eigenvalue weighted by atomic mass is 9.98. The van der Waals surface area contributed by atoms with E-state index in [4.69, 9.17) is 9.47 Å². The van der Waals surface area contributed by atoms with E-state index in [9.17, 15) is 14.7 Å². The van der Waals surface area contributed by atoms with Gasteiger partial charge < -0.3 is 19.9 Å². The van der Waals surface area contributed by atoms with E-state index in [-0.39, 0.29) is 25.0 Å². The number of hydrogen-bond donors (Lipinski definition) is 2. The SMILES string of the molecule is C/C=C\c1cc(C[C@H](NC(=O)OCC2c3ccccc3-c3ccccc32)C(=O)O)ccc1OC(C)C. The predicted molar refractivity (Wildman–Crippen MR) is 140 cm³/mol. The van der Waals surface area contributed by atoms with E-state index in [0.717, 1.165) is 39.1 Å². The molecule has 1 atom stereocenters. The van der Waals surface area contributed by atoms with Gasteiger partial charge in [-0.15, -0.1) is 0 Å². The Labute approximate surface area is 211 Å². The number of carbonyl (C=O) groups excluding carboxylic acids is 1. The summed E-state index contributed by atoms with van der Waals surface area (Å²) in [7, 11) is 0. The van der Waals surface area contributed by atoms with E-state index in [1.54, 1.807) is 0 Å². The molecule has 0 aliphatic heterocycles. The number of carboxylic acid groups (broad SMARTS) is 1. The third-order valence-corrected chi connectivity index (χ3v) is 6.16. The second-order valence-corrected chi connectivity index (χ2v) is 9.10. The van der Waals surface area contributed by atoms with Crippen LogP contribution in [-0.2, 0) is 16.0 Å². The van der Waals surface area contributed by atoms with Crippen LogP contribution in [0.5, 0.6) is 5.75 Å². The number of rotatable bonds is 9. The largest absolute Gasteiger partial charge is 0.490 e. The molecule has 4 rings (SSSR count). The number of aliphatic carboxylic acids is 1. The minimum atomic E-state index is -1.13. The molecule has 0 bridgehead atoms. The van der Waals surface area contributed by atoms with Crippen LogP contribution in [0.3, 0.4) is 0 Å². The van der Waals surface area contributed by atoms with Crippen LogP contribution in [0.2, 0.25) is 0 Å². The molecular formula is C30H31NO5. The van der Waals surface area contributed by atoms with E-state index in [1.807, 2.05) is 87.5 Å². The predicted octanol–water partition coefficient (Wildman–Crippen LogP) is 6.04. The molecule has 2 N–H and O–H groups in total. The van der Waals surface area contributed by atoms with Crippen LogP contribution >= 0.6 is 0 Å². The topological polar surface area (TPSA) is 84.9 Å². The smallest absolute Gasteiger partial charge is 0.407 e. The molecule has 0 fully saturated rings. The lowest BCUT2D eigenvalue weighted by molar-refractivity contribution is -0.139. The zero-order valence-electron chi connectivity index (χ0n) is 20.7. The second-order valence-electron chi connectivity index (χ2n) is 9.10. The van der Waals surface area contributed by atoms with Crippen molar-refractivity contribution >= 4 is 18.1 Å². The van der Waals surface area contributed by atoms with Gasteiger partial charge in [0.2, 0.25) is 0 Å². The van der Waals surface area contributed by atoms with Gasteiger partial charge in [-0.25, -0.2) is 9.59 Å². The molecule has 3 aromatic rings. The number of allylic oxidation sites excluding steroid dienone is 1. The Bertz CT molecular complexity index is 1230. The monoisotopic (exact) mass is 485 g/mol. The Hall–Kier alpha value is -4.06. The highest BCUT2D eigenvalue weighted by Gasteiger charge is 2.29. The highest BCUT2D eigenvalue weighted by atomic mass is 16.5. The Morgan fingerprint density at radius 2 is 1.64 bits per heavy atom. The first-order valence-electron chi connectivity index (χ1n) is 12.1. The zero-order chi connectivity index (χ0) is 25.7. The maximum atomic E-state index is 12.6. The minimum absolute atomic E-state index is 0.0156. The van der Waals surface area contributed by atoms with E-state index in [1.165, 1.54) is 0 Å². The van der Waals surface area contributed by atoms with Crippen LogP contribution in [0.4, 0.5) is 4.79 Å². The molecule has 0 unspecified atom stereocenters. The molecule has 0 spiro atoms. The number of carbonyl (C=O) groups is 2. The van der Waals surface area contributed by atoms with Gasteiger partial charge in [0.1, 0.15) is 18.4 Å². The van der Waals surface area contributed by atoms with Crippen LogP contribution in [0.1, 0.15) is 48.9 Å². The van der Waals surface area contributed by atoms with Crippen molar-refractivity contribution in [1.82, 2.24) is 5.32 Å². The Morgan fingerprint density at radius 3 is 2.22 bits per heavy atom. The average molecular weight is 486 g/mol. The number of nitrogens with one attached hydrogen (secondary N) is 1. The van der Waals surface area contributed by atoms with Crippen LogP contribution < -0.4 is 10.1 Å². The summed E-state index contributed by atoms with van der Waals surface area (Å²) < 4.78 is 11.4. The molecule has 36 heavy (non-hydrogen) atoms. The highest BCUT2D eigenvalue weighted by Crippen LogP contribution is 2.44. The number of alkyl carbamates (subject to hydrolysis) is 1. The molecule has 186 valence electrons. The molecule has 3 aromatic carbocycles. The van der Waals surface area contributed by atoms with Crippen LogP contribution in [0, 0.1) is 0 Å². The number of fused-ring (bicyclic) bond motifs is 3. The van der Waals surface area contributed by atoms with Crippen molar-refractivity contribution in [2.45, 2.75) is 45.3 Å². The summed E-state index contributed by atoms with van der Waals surface area (Å²) in [5.41, 5.74) is 6.09. The van der Waals surface area contributed by atoms with Crippen molar-refractivity contribution in [3.8, 4) is 16.9 Å². The summed E-state index contributed by atoms with van der Waals surface area (Å²) in [4.78, 5) is 24.6. The Balaban J connectivity index is 1.43. The maximum Gasteiger partial charge on any atom is 0.407 e. The number of hydrogen-bond acceptors (Lipinski definition) is 4. The van der Waals surface area contributed by atoms with Gasteiger partial charge >= 0.3 is 12.1 Å². The standard InChI is InChI=1S/C30H31NO5/c1-4-9-21-16-20(14-15-28(21)36-19(2)3)17-27(29(32)33)31-30(34)35-18-26-24-12-7-5-10-22(24)23-11-6-8-13-25(23)26/h4-16,19,26-27H,17-18H2,1-3H3,(H,31,34)(H,32,33)/b9-4-/t27-/m0/s1. The van der Waals surface area contributed by atoms with Gasteiger partial charge in [-0.05, 0) is 60.7 Å². The van der Waals surface area contributed by atoms with Crippen molar-refractivity contribution in [2.24, 2.45) is 0 Å². The summed E-state index contributed by atoms with van der Waals surface area (Å²) in [6, 6.07) is 20.5. The lowest BCUT2D eigenvalue weighted by Gasteiger charge is -2.18. The molecule has 1 aliphatic rings. The van der Waals surface area contributed by atoms with E-state index >= 15 is 0 Å². The fourth-order valence-electron chi connectivity index (χ4n) is 4.61. The Kier molecular flexibility index (Phi) is 7.74. The van der Waals surface area contributed by atoms with Gasteiger partial charge in [-0.2, -0.15) is 0 Å². The quantitative estimate of drug-likeness (QED) is 0.386. The van der Waals surface area contributed by atoms with Gasteiger partial charge in [0, 0.05) is 17.9 Å². The van der Waals surface area contributed by atoms with Crippen molar-refractivity contribution in [1.29, 1.82) is 0 Å². The van der Waals surface area contributed by atoms with Gasteiger partial charge in [-0.1, -0.05) is 66.7 Å². The first kappa shape index (κ1) is 25.0. The van der Waals surface area contributed by atoms with Gasteiger partial charge in [-0.3, -0.25) is 0 Å². The lowest BCUT2D eigenvalue weighted by Crippen LogP contribution is -2.42.